The third kappa shape index (κ3) is 3.94. The Morgan fingerprint density at radius 1 is 1.62 bits per heavy atom. The molecule has 0 amide bonds. The van der Waals surface area contributed by atoms with Crippen LogP contribution >= 0.6 is 0 Å². The Kier molecular flexibility index (Phi) is 3.76. The van der Waals surface area contributed by atoms with Crippen LogP contribution in [0.1, 0.15) is 13.3 Å². The maximum absolute atomic E-state index is 4.10. The molecule has 0 fully saturated rings. The number of hydrogen-bond acceptors (Lipinski definition) is 3. The Morgan fingerprint density at radius 2 is 2.38 bits per heavy atom. The van der Waals surface area contributed by atoms with E-state index in [-0.39, 0.29) is 0 Å². The fourth-order valence-corrected chi connectivity index (χ4v) is 1.10. The lowest BCUT2D eigenvalue weighted by Crippen LogP contribution is -2.23. The second kappa shape index (κ2) is 4.87. The van der Waals surface area contributed by atoms with Gasteiger partial charge in [0.15, 0.2) is 5.95 Å². The van der Waals surface area contributed by atoms with Gasteiger partial charge in [0.05, 0.1) is 0 Å². The number of aromatic nitrogens is 2. The lowest BCUT2D eigenvalue weighted by Gasteiger charge is -2.15. The van der Waals surface area contributed by atoms with Crippen LogP contribution in [0.2, 0.25) is 0 Å². The third-order valence-electron chi connectivity index (χ3n) is 1.89. The van der Waals surface area contributed by atoms with Crippen LogP contribution in [0.15, 0.2) is 12.4 Å². The summed E-state index contributed by atoms with van der Waals surface area (Å²) in [6.07, 6.45) is 4.69. The number of nitrogens with zero attached hydrogens (tertiary/aromatic N) is 2. The Labute approximate surface area is 79.4 Å². The zero-order valence-corrected chi connectivity index (χ0v) is 8.54. The Morgan fingerprint density at radius 3 is 2.92 bits per heavy atom. The summed E-state index contributed by atoms with van der Waals surface area (Å²) >= 11 is 0. The lowest BCUT2D eigenvalue weighted by molar-refractivity contribution is 0.390. The van der Waals surface area contributed by atoms with Crippen molar-refractivity contribution in [2.75, 3.05) is 26.0 Å². The number of anilines is 1. The van der Waals surface area contributed by atoms with E-state index in [0.717, 1.165) is 18.9 Å². The minimum Gasteiger partial charge on any atom is -0.353 e. The molecule has 13 heavy (non-hydrogen) atoms. The predicted molar refractivity (Wildman–Crippen MR) is 54.8 cm³/mol. The molecule has 0 spiro atoms. The highest BCUT2D eigenvalue weighted by molar-refractivity contribution is 5.24. The van der Waals surface area contributed by atoms with Crippen molar-refractivity contribution in [2.45, 2.75) is 19.4 Å². The third-order valence-corrected chi connectivity index (χ3v) is 1.89. The fourth-order valence-electron chi connectivity index (χ4n) is 1.10. The minimum atomic E-state index is 0.452. The van der Waals surface area contributed by atoms with E-state index in [1.54, 1.807) is 6.20 Å². The van der Waals surface area contributed by atoms with Crippen molar-refractivity contribution in [3.8, 4) is 0 Å². The molecule has 0 bridgehead atoms. The van der Waals surface area contributed by atoms with Crippen LogP contribution < -0.4 is 5.32 Å². The van der Waals surface area contributed by atoms with Crippen molar-refractivity contribution >= 4 is 5.95 Å². The van der Waals surface area contributed by atoms with E-state index in [2.05, 4.69) is 41.2 Å². The monoisotopic (exact) mass is 182 g/mol. The normalized spacial score (nSPS) is 13.2. The van der Waals surface area contributed by atoms with E-state index in [9.17, 15) is 0 Å². The number of aromatic amines is 1. The van der Waals surface area contributed by atoms with Crippen LogP contribution in [-0.2, 0) is 0 Å². The van der Waals surface area contributed by atoms with Gasteiger partial charge >= 0.3 is 0 Å². The highest BCUT2D eigenvalue weighted by Crippen LogP contribution is 2.01. The van der Waals surface area contributed by atoms with E-state index < -0.39 is 0 Å². The van der Waals surface area contributed by atoms with Crippen molar-refractivity contribution in [2.24, 2.45) is 0 Å². The van der Waals surface area contributed by atoms with Gasteiger partial charge < -0.3 is 15.2 Å². The second-order valence-corrected chi connectivity index (χ2v) is 3.58. The first kappa shape index (κ1) is 10.1. The summed E-state index contributed by atoms with van der Waals surface area (Å²) in [6, 6.07) is 0.452. The number of H-pyrrole nitrogens is 1. The molecule has 0 radical (unpaired) electrons. The van der Waals surface area contributed by atoms with Crippen molar-refractivity contribution in [3.05, 3.63) is 12.4 Å². The molecule has 74 valence electrons. The minimum absolute atomic E-state index is 0.452. The molecule has 1 aromatic heterocycles. The summed E-state index contributed by atoms with van der Waals surface area (Å²) in [5.41, 5.74) is 0. The van der Waals surface area contributed by atoms with Gasteiger partial charge in [-0.05, 0) is 34.0 Å². The van der Waals surface area contributed by atoms with Gasteiger partial charge in [0.25, 0.3) is 0 Å². The van der Waals surface area contributed by atoms with E-state index in [0.29, 0.717) is 6.04 Å². The first-order chi connectivity index (χ1) is 6.18. The lowest BCUT2D eigenvalue weighted by atomic mass is 10.2. The van der Waals surface area contributed by atoms with Gasteiger partial charge in [-0.15, -0.1) is 0 Å². The number of rotatable bonds is 5. The molecule has 0 aliphatic heterocycles. The van der Waals surface area contributed by atoms with Gasteiger partial charge in [-0.2, -0.15) is 0 Å². The summed E-state index contributed by atoms with van der Waals surface area (Å²) in [5.74, 6) is 0.853. The molecule has 0 saturated heterocycles. The quantitative estimate of drug-likeness (QED) is 0.718. The van der Waals surface area contributed by atoms with Gasteiger partial charge in [-0.3, -0.25) is 0 Å². The summed E-state index contributed by atoms with van der Waals surface area (Å²) in [5, 5.41) is 3.28. The zero-order chi connectivity index (χ0) is 9.68. The second-order valence-electron chi connectivity index (χ2n) is 3.58. The average Bonchev–Trinajstić information content (AvgIpc) is 2.53. The molecule has 1 unspecified atom stereocenters. The summed E-state index contributed by atoms with van der Waals surface area (Å²) < 4.78 is 0. The molecule has 1 aromatic rings. The van der Waals surface area contributed by atoms with Crippen LogP contribution in [0.4, 0.5) is 5.95 Å². The van der Waals surface area contributed by atoms with E-state index in [4.69, 9.17) is 0 Å². The van der Waals surface area contributed by atoms with E-state index in [1.807, 2.05) is 6.20 Å². The van der Waals surface area contributed by atoms with Crippen LogP contribution in [0.25, 0.3) is 0 Å². The summed E-state index contributed by atoms with van der Waals surface area (Å²) in [6.45, 7) is 3.25. The Balaban J connectivity index is 2.22. The molecular formula is C9H18N4. The topological polar surface area (TPSA) is 44.0 Å². The van der Waals surface area contributed by atoms with Crippen LogP contribution in [-0.4, -0.2) is 41.5 Å². The van der Waals surface area contributed by atoms with Gasteiger partial charge in [0.2, 0.25) is 0 Å². The molecule has 1 rings (SSSR count). The molecule has 0 aliphatic rings. The van der Waals surface area contributed by atoms with E-state index >= 15 is 0 Å². The van der Waals surface area contributed by atoms with E-state index in [1.165, 1.54) is 0 Å². The highest BCUT2D eigenvalue weighted by atomic mass is 15.1. The standard InChI is InChI=1S/C9H18N4/c1-8(4-7-13(2)3)12-9-10-5-6-11-9/h5-6,8H,4,7H2,1-3H3,(H2,10,11,12). The van der Waals surface area contributed by atoms with Gasteiger partial charge in [-0.1, -0.05) is 0 Å². The predicted octanol–water partition coefficient (Wildman–Crippen LogP) is 1.16. The fraction of sp³-hybridized carbons (Fsp3) is 0.667. The van der Waals surface area contributed by atoms with Crippen LogP contribution in [0.3, 0.4) is 0 Å². The number of nitrogens with one attached hydrogen (secondary N) is 2. The largest absolute Gasteiger partial charge is 0.353 e. The molecule has 2 N–H and O–H groups in total. The van der Waals surface area contributed by atoms with Crippen molar-refractivity contribution in [3.63, 3.8) is 0 Å². The van der Waals surface area contributed by atoms with Crippen molar-refractivity contribution in [1.82, 2.24) is 14.9 Å². The maximum atomic E-state index is 4.10. The highest BCUT2D eigenvalue weighted by Gasteiger charge is 2.03. The van der Waals surface area contributed by atoms with Crippen LogP contribution in [0.5, 0.6) is 0 Å². The molecule has 0 saturated carbocycles. The molecule has 0 aliphatic carbocycles. The number of hydrogen-bond donors (Lipinski definition) is 2. The molecular weight excluding hydrogens is 164 g/mol. The molecule has 1 heterocycles. The van der Waals surface area contributed by atoms with Gasteiger partial charge in [0, 0.05) is 18.4 Å². The first-order valence-electron chi connectivity index (χ1n) is 4.59. The first-order valence-corrected chi connectivity index (χ1v) is 4.59. The molecule has 4 heteroatoms. The smallest absolute Gasteiger partial charge is 0.200 e. The maximum Gasteiger partial charge on any atom is 0.200 e. The summed E-state index contributed by atoms with van der Waals surface area (Å²) in [7, 11) is 4.17. The average molecular weight is 182 g/mol. The Bertz CT molecular complexity index is 218. The zero-order valence-electron chi connectivity index (χ0n) is 8.54. The van der Waals surface area contributed by atoms with Crippen molar-refractivity contribution < 1.29 is 0 Å². The Hall–Kier alpha value is -1.03. The SMILES string of the molecule is CC(CCN(C)C)Nc1ncc[nH]1. The van der Waals surface area contributed by atoms with Gasteiger partial charge in [0.1, 0.15) is 0 Å². The van der Waals surface area contributed by atoms with Crippen LogP contribution in [0, 0.1) is 0 Å². The molecule has 4 nitrogen and oxygen atoms in total. The van der Waals surface area contributed by atoms with Crippen molar-refractivity contribution in [1.29, 1.82) is 0 Å². The molecule has 0 aromatic carbocycles. The summed E-state index contributed by atoms with van der Waals surface area (Å²) in [4.78, 5) is 9.30. The molecule has 1 atom stereocenters. The number of imidazole rings is 1. The van der Waals surface area contributed by atoms with Gasteiger partial charge in [-0.25, -0.2) is 4.98 Å².